The number of amides is 1. The van der Waals surface area contributed by atoms with Crippen molar-refractivity contribution in [2.75, 3.05) is 26.2 Å². The van der Waals surface area contributed by atoms with Gasteiger partial charge in [-0.2, -0.15) is 0 Å². The van der Waals surface area contributed by atoms with E-state index in [1.165, 1.54) is 18.4 Å². The maximum atomic E-state index is 13.1. The van der Waals surface area contributed by atoms with Gasteiger partial charge in [0.1, 0.15) is 5.76 Å². The van der Waals surface area contributed by atoms with E-state index in [4.69, 9.17) is 4.52 Å². The Kier molecular flexibility index (Phi) is 4.27. The Bertz CT molecular complexity index is 814. The topological polar surface area (TPSA) is 49.6 Å². The quantitative estimate of drug-likeness (QED) is 0.789. The summed E-state index contributed by atoms with van der Waals surface area (Å²) in [6.45, 7) is 4.37. The Morgan fingerprint density at radius 2 is 1.96 bits per heavy atom. The van der Waals surface area contributed by atoms with Crippen molar-refractivity contribution in [2.45, 2.75) is 44.6 Å². The lowest BCUT2D eigenvalue weighted by atomic mass is 9.85. The van der Waals surface area contributed by atoms with E-state index < -0.39 is 0 Å². The number of carbonyl (C=O) groups is 1. The number of nitrogens with zero attached hydrogens (tertiary/aromatic N) is 3. The molecule has 1 spiro atoms. The molecule has 2 aromatic rings. The molecule has 0 N–H and O–H groups in total. The Labute approximate surface area is 160 Å². The molecule has 5 heteroatoms. The van der Waals surface area contributed by atoms with Gasteiger partial charge in [0.05, 0.1) is 11.1 Å². The first kappa shape index (κ1) is 17.0. The molecule has 0 radical (unpaired) electrons. The minimum absolute atomic E-state index is 0.167. The van der Waals surface area contributed by atoms with E-state index >= 15 is 0 Å². The molecule has 1 aliphatic carbocycles. The summed E-state index contributed by atoms with van der Waals surface area (Å²) in [7, 11) is 0. The summed E-state index contributed by atoms with van der Waals surface area (Å²) in [5.41, 5.74) is 2.15. The highest BCUT2D eigenvalue weighted by molar-refractivity contribution is 5.85. The van der Waals surface area contributed by atoms with Gasteiger partial charge in [-0.3, -0.25) is 9.69 Å². The first-order chi connectivity index (χ1) is 13.2. The summed E-state index contributed by atoms with van der Waals surface area (Å²) in [5.74, 6) is 2.01. The highest BCUT2D eigenvalue weighted by Crippen LogP contribution is 2.42. The molecule has 1 unspecified atom stereocenters. The Morgan fingerprint density at radius 1 is 1.15 bits per heavy atom. The number of aromatic nitrogens is 1. The number of hydrogen-bond donors (Lipinski definition) is 0. The van der Waals surface area contributed by atoms with E-state index in [1.807, 2.05) is 6.07 Å². The molecule has 1 amide bonds. The van der Waals surface area contributed by atoms with Gasteiger partial charge >= 0.3 is 0 Å². The van der Waals surface area contributed by atoms with Gasteiger partial charge in [-0.25, -0.2) is 0 Å². The van der Waals surface area contributed by atoms with Crippen LogP contribution in [0.5, 0.6) is 0 Å². The van der Waals surface area contributed by atoms with Crippen LogP contribution in [-0.2, 0) is 17.8 Å². The molecule has 1 atom stereocenters. The third kappa shape index (κ3) is 3.41. The predicted octanol–water partition coefficient (Wildman–Crippen LogP) is 3.22. The monoisotopic (exact) mass is 365 g/mol. The number of carbonyl (C=O) groups excluding carboxylic acids is 1. The fourth-order valence-corrected chi connectivity index (χ4v) is 4.68. The minimum Gasteiger partial charge on any atom is -0.361 e. The lowest BCUT2D eigenvalue weighted by Crippen LogP contribution is -2.37. The van der Waals surface area contributed by atoms with Crippen molar-refractivity contribution in [3.05, 3.63) is 53.4 Å². The summed E-state index contributed by atoms with van der Waals surface area (Å²) in [6, 6.07) is 12.6. The van der Waals surface area contributed by atoms with Crippen molar-refractivity contribution >= 4 is 5.91 Å². The van der Waals surface area contributed by atoms with Crippen molar-refractivity contribution in [3.8, 4) is 0 Å². The smallest absolute Gasteiger partial charge is 0.230 e. The summed E-state index contributed by atoms with van der Waals surface area (Å²) < 4.78 is 5.48. The lowest BCUT2D eigenvalue weighted by molar-refractivity contribution is -0.135. The molecule has 1 aromatic carbocycles. The molecule has 5 rings (SSSR count). The van der Waals surface area contributed by atoms with Crippen LogP contribution in [-0.4, -0.2) is 47.0 Å². The molecule has 5 nitrogen and oxygen atoms in total. The van der Waals surface area contributed by atoms with E-state index in [-0.39, 0.29) is 5.41 Å². The molecule has 142 valence electrons. The van der Waals surface area contributed by atoms with Crippen LogP contribution in [0.4, 0.5) is 0 Å². The molecule has 2 saturated heterocycles. The number of hydrogen-bond acceptors (Lipinski definition) is 4. The van der Waals surface area contributed by atoms with Gasteiger partial charge < -0.3 is 9.42 Å². The van der Waals surface area contributed by atoms with Gasteiger partial charge in [0.25, 0.3) is 0 Å². The molecule has 27 heavy (non-hydrogen) atoms. The molecule has 2 aliphatic heterocycles. The Morgan fingerprint density at radius 3 is 2.78 bits per heavy atom. The van der Waals surface area contributed by atoms with Gasteiger partial charge in [-0.1, -0.05) is 35.5 Å². The number of likely N-dealkylation sites (tertiary alicyclic amines) is 2. The first-order valence-electron chi connectivity index (χ1n) is 10.2. The Hall–Kier alpha value is -2.14. The maximum absolute atomic E-state index is 13.1. The standard InChI is InChI=1S/C22H27N3O2/c26-21-22(10-13-25(21)11-8-17-4-2-1-3-5-17)9-12-24(16-22)15-19-14-20(27-23-19)18-6-7-18/h1-5,14,18H,6-13,15-16H2. The van der Waals surface area contributed by atoms with Crippen LogP contribution in [0.25, 0.3) is 0 Å². The molecule has 1 aromatic heterocycles. The normalized spacial score (nSPS) is 25.8. The lowest BCUT2D eigenvalue weighted by Gasteiger charge is -2.23. The van der Waals surface area contributed by atoms with Crippen LogP contribution in [0.15, 0.2) is 40.9 Å². The van der Waals surface area contributed by atoms with Crippen molar-refractivity contribution in [3.63, 3.8) is 0 Å². The van der Waals surface area contributed by atoms with E-state index in [2.05, 4.69) is 45.3 Å². The number of rotatable bonds is 6. The third-order valence-electron chi connectivity index (χ3n) is 6.49. The van der Waals surface area contributed by atoms with Crippen molar-refractivity contribution in [2.24, 2.45) is 5.41 Å². The second-order valence-corrected chi connectivity index (χ2v) is 8.51. The van der Waals surface area contributed by atoms with Crippen molar-refractivity contribution in [1.82, 2.24) is 15.0 Å². The van der Waals surface area contributed by atoms with Crippen LogP contribution >= 0.6 is 0 Å². The van der Waals surface area contributed by atoms with E-state index in [9.17, 15) is 4.79 Å². The Balaban J connectivity index is 1.17. The molecule has 3 aliphatic rings. The summed E-state index contributed by atoms with van der Waals surface area (Å²) in [5, 5.41) is 4.24. The summed E-state index contributed by atoms with van der Waals surface area (Å²) >= 11 is 0. The van der Waals surface area contributed by atoms with E-state index in [0.29, 0.717) is 11.8 Å². The fraction of sp³-hybridized carbons (Fsp3) is 0.545. The second-order valence-electron chi connectivity index (χ2n) is 8.51. The highest BCUT2D eigenvalue weighted by atomic mass is 16.5. The van der Waals surface area contributed by atoms with E-state index in [1.54, 1.807) is 0 Å². The molecular weight excluding hydrogens is 338 g/mol. The molecule has 1 saturated carbocycles. The van der Waals surface area contributed by atoms with Gasteiger partial charge in [0.15, 0.2) is 0 Å². The van der Waals surface area contributed by atoms with Gasteiger partial charge in [0, 0.05) is 38.2 Å². The molecule has 0 bridgehead atoms. The van der Waals surface area contributed by atoms with Gasteiger partial charge in [-0.05, 0) is 44.2 Å². The second kappa shape index (κ2) is 6.79. The zero-order chi connectivity index (χ0) is 18.3. The fourth-order valence-electron chi connectivity index (χ4n) is 4.68. The zero-order valence-electron chi connectivity index (χ0n) is 15.8. The molecule has 3 fully saturated rings. The highest BCUT2D eigenvalue weighted by Gasteiger charge is 2.50. The molecular formula is C22H27N3O2. The molecule has 3 heterocycles. The summed E-state index contributed by atoms with van der Waals surface area (Å²) in [6.07, 6.45) is 5.36. The average molecular weight is 365 g/mol. The summed E-state index contributed by atoms with van der Waals surface area (Å²) in [4.78, 5) is 17.6. The zero-order valence-corrected chi connectivity index (χ0v) is 15.8. The third-order valence-corrected chi connectivity index (χ3v) is 6.49. The van der Waals surface area contributed by atoms with Gasteiger partial charge in [0.2, 0.25) is 5.91 Å². The predicted molar refractivity (Wildman–Crippen MR) is 102 cm³/mol. The van der Waals surface area contributed by atoms with Crippen LogP contribution in [0.1, 0.15) is 48.6 Å². The van der Waals surface area contributed by atoms with Gasteiger partial charge in [-0.15, -0.1) is 0 Å². The van der Waals surface area contributed by atoms with Crippen LogP contribution < -0.4 is 0 Å². The van der Waals surface area contributed by atoms with Crippen LogP contribution in [0.2, 0.25) is 0 Å². The minimum atomic E-state index is -0.167. The van der Waals surface area contributed by atoms with E-state index in [0.717, 1.165) is 63.4 Å². The number of benzene rings is 1. The first-order valence-corrected chi connectivity index (χ1v) is 10.2. The van der Waals surface area contributed by atoms with Crippen LogP contribution in [0.3, 0.4) is 0 Å². The largest absolute Gasteiger partial charge is 0.361 e. The SMILES string of the molecule is O=C1N(CCc2ccccc2)CCC12CCN(Cc1cc(C3CC3)on1)C2. The van der Waals surface area contributed by atoms with Crippen molar-refractivity contribution < 1.29 is 9.32 Å². The maximum Gasteiger partial charge on any atom is 0.230 e. The average Bonchev–Trinajstić information content (AvgIpc) is 3.18. The van der Waals surface area contributed by atoms with Crippen molar-refractivity contribution in [1.29, 1.82) is 0 Å². The van der Waals surface area contributed by atoms with Crippen LogP contribution in [0, 0.1) is 5.41 Å².